The van der Waals surface area contributed by atoms with Crippen molar-refractivity contribution in [2.24, 2.45) is 0 Å². The number of pyridine rings is 1. The monoisotopic (exact) mass is 409 g/mol. The third-order valence-electron chi connectivity index (χ3n) is 4.42. The van der Waals surface area contributed by atoms with Gasteiger partial charge >= 0.3 is 0 Å². The average molecular weight is 410 g/mol. The van der Waals surface area contributed by atoms with E-state index in [4.69, 9.17) is 4.42 Å². The van der Waals surface area contributed by atoms with Crippen molar-refractivity contribution in [3.8, 4) is 0 Å². The molecule has 1 N–H and O–H groups in total. The van der Waals surface area contributed by atoms with E-state index in [9.17, 15) is 4.79 Å². The molecule has 0 spiro atoms. The Morgan fingerprint density at radius 3 is 2.82 bits per heavy atom. The number of hydrogen-bond donors (Lipinski definition) is 1. The maximum Gasteiger partial charge on any atom is 0.166 e. The summed E-state index contributed by atoms with van der Waals surface area (Å²) in [6.07, 6.45) is 3.54. The Hall–Kier alpha value is -2.51. The lowest BCUT2D eigenvalue weighted by Gasteiger charge is -2.09. The van der Waals surface area contributed by atoms with Crippen LogP contribution in [-0.2, 0) is 11.5 Å². The number of nitrogens with one attached hydrogen (secondary N) is 1. The van der Waals surface area contributed by atoms with Crippen molar-refractivity contribution >= 4 is 40.3 Å². The van der Waals surface area contributed by atoms with E-state index in [1.807, 2.05) is 42.6 Å². The van der Waals surface area contributed by atoms with Gasteiger partial charge in [-0.2, -0.15) is 0 Å². The molecule has 0 unspecified atom stereocenters. The largest absolute Gasteiger partial charge is 0.468 e. The van der Waals surface area contributed by atoms with Gasteiger partial charge in [0.05, 0.1) is 23.2 Å². The number of para-hydroxylation sites is 1. The van der Waals surface area contributed by atoms with Crippen LogP contribution in [0.2, 0.25) is 0 Å². The van der Waals surface area contributed by atoms with Gasteiger partial charge in [0.2, 0.25) is 0 Å². The highest BCUT2D eigenvalue weighted by molar-refractivity contribution is 7.98. The van der Waals surface area contributed by atoms with Crippen molar-refractivity contribution in [3.05, 3.63) is 71.4 Å². The number of hydrogen-bond acceptors (Lipinski definition) is 6. The lowest BCUT2D eigenvalue weighted by molar-refractivity contribution is 0.101. The minimum Gasteiger partial charge on any atom is -0.468 e. The molecule has 4 rings (SSSR count). The fourth-order valence-electron chi connectivity index (χ4n) is 2.90. The highest BCUT2D eigenvalue weighted by Crippen LogP contribution is 2.30. The van der Waals surface area contributed by atoms with Gasteiger partial charge in [0, 0.05) is 22.4 Å². The number of carbonyl (C=O) groups excluding carboxylic acids is 1. The summed E-state index contributed by atoms with van der Waals surface area (Å²) in [4.78, 5) is 25.4. The topological polar surface area (TPSA) is 71.8 Å². The minimum absolute atomic E-state index is 0.0208. The molecule has 7 heteroatoms. The van der Waals surface area contributed by atoms with E-state index in [2.05, 4.69) is 21.9 Å². The second kappa shape index (κ2) is 8.24. The van der Waals surface area contributed by atoms with Gasteiger partial charge in [0.1, 0.15) is 11.3 Å². The number of ketones is 1. The van der Waals surface area contributed by atoms with Crippen LogP contribution >= 0.6 is 23.5 Å². The highest BCUT2D eigenvalue weighted by atomic mass is 32.2. The van der Waals surface area contributed by atoms with E-state index in [1.54, 1.807) is 36.7 Å². The number of carbonyl (C=O) groups is 1. The number of benzene rings is 1. The van der Waals surface area contributed by atoms with Gasteiger partial charge in [-0.1, -0.05) is 17.8 Å². The molecule has 0 amide bonds. The lowest BCUT2D eigenvalue weighted by atomic mass is 10.1. The van der Waals surface area contributed by atoms with Crippen molar-refractivity contribution in [3.63, 3.8) is 0 Å². The molecule has 0 aliphatic heterocycles. The zero-order chi connectivity index (χ0) is 19.5. The summed E-state index contributed by atoms with van der Waals surface area (Å²) < 4.78 is 5.41. The predicted molar refractivity (Wildman–Crippen MR) is 113 cm³/mol. The van der Waals surface area contributed by atoms with Gasteiger partial charge in [-0.15, -0.1) is 11.8 Å². The van der Waals surface area contributed by atoms with Gasteiger partial charge in [-0.05, 0) is 49.7 Å². The van der Waals surface area contributed by atoms with Crippen molar-refractivity contribution < 1.29 is 9.21 Å². The second-order valence-corrected chi connectivity index (χ2v) is 8.32. The van der Waals surface area contributed by atoms with E-state index in [0.29, 0.717) is 11.3 Å². The highest BCUT2D eigenvalue weighted by Gasteiger charge is 2.12. The Kier molecular flexibility index (Phi) is 5.54. The molecule has 0 bridgehead atoms. The van der Waals surface area contributed by atoms with Crippen LogP contribution in [0.1, 0.15) is 34.3 Å². The third-order valence-corrected chi connectivity index (χ3v) is 6.49. The number of H-pyrrole nitrogens is 1. The van der Waals surface area contributed by atoms with Crippen LogP contribution in [0.5, 0.6) is 0 Å². The van der Waals surface area contributed by atoms with Crippen LogP contribution < -0.4 is 0 Å². The first-order valence-corrected chi connectivity index (χ1v) is 10.8. The first-order valence-electron chi connectivity index (χ1n) is 8.84. The smallest absolute Gasteiger partial charge is 0.166 e. The first-order chi connectivity index (χ1) is 13.6. The Morgan fingerprint density at radius 2 is 2.04 bits per heavy atom. The van der Waals surface area contributed by atoms with Crippen LogP contribution in [0.4, 0.5) is 0 Å². The molecule has 3 heterocycles. The molecule has 0 saturated heterocycles. The first kappa shape index (κ1) is 18.8. The quantitative estimate of drug-likeness (QED) is 0.314. The molecule has 0 aliphatic carbocycles. The van der Waals surface area contributed by atoms with Crippen molar-refractivity contribution in [2.75, 3.05) is 0 Å². The number of thioether (sulfide) groups is 2. The number of fused-ring (bicyclic) bond motifs is 1. The number of aromatic amines is 1. The number of aromatic nitrogens is 3. The number of furan rings is 1. The molecule has 0 fully saturated rings. The Morgan fingerprint density at radius 1 is 1.14 bits per heavy atom. The van der Waals surface area contributed by atoms with Gasteiger partial charge in [0.15, 0.2) is 10.9 Å². The maximum atomic E-state index is 11.8. The molecule has 1 aromatic carbocycles. The molecule has 0 atom stereocenters. The van der Waals surface area contributed by atoms with E-state index >= 15 is 0 Å². The summed E-state index contributed by atoms with van der Waals surface area (Å²) in [7, 11) is 0. The zero-order valence-corrected chi connectivity index (χ0v) is 17.2. The SMILES string of the molecule is CC(=O)c1cccc2[nH]c(SCc3nccc(SCc4ccco4)c3C)nc12. The molecular weight excluding hydrogens is 390 g/mol. The number of imidazole rings is 1. The van der Waals surface area contributed by atoms with Crippen LogP contribution in [0, 0.1) is 6.92 Å². The number of rotatable bonds is 7. The molecule has 0 radical (unpaired) electrons. The zero-order valence-electron chi connectivity index (χ0n) is 15.6. The summed E-state index contributed by atoms with van der Waals surface area (Å²) in [5, 5.41) is 0.790. The van der Waals surface area contributed by atoms with Crippen molar-refractivity contribution in [1.29, 1.82) is 0 Å². The molecule has 0 saturated carbocycles. The van der Waals surface area contributed by atoms with Crippen LogP contribution in [0.25, 0.3) is 11.0 Å². The standard InChI is InChI=1S/C21H19N3O2S2/c1-13-18(22-9-8-19(13)27-11-15-5-4-10-26-15)12-28-21-23-17-7-3-6-16(14(2)25)20(17)24-21/h3-10H,11-12H2,1-2H3,(H,23,24). The third kappa shape index (κ3) is 4.00. The molecular formula is C21H19N3O2S2. The van der Waals surface area contributed by atoms with E-state index in [-0.39, 0.29) is 5.78 Å². The predicted octanol–water partition coefficient (Wildman–Crippen LogP) is 5.65. The summed E-state index contributed by atoms with van der Waals surface area (Å²) in [5.41, 5.74) is 4.45. The van der Waals surface area contributed by atoms with E-state index < -0.39 is 0 Å². The van der Waals surface area contributed by atoms with Gasteiger partial charge < -0.3 is 9.40 Å². The molecule has 4 aromatic rings. The Bertz CT molecular complexity index is 1120. The summed E-state index contributed by atoms with van der Waals surface area (Å²) in [6, 6.07) is 11.5. The number of Topliss-reactive ketones (excluding diaryl/α,β-unsaturated/α-hetero) is 1. The average Bonchev–Trinajstić information content (AvgIpc) is 3.35. The van der Waals surface area contributed by atoms with Gasteiger partial charge in [0.25, 0.3) is 0 Å². The van der Waals surface area contributed by atoms with E-state index in [1.165, 1.54) is 10.5 Å². The van der Waals surface area contributed by atoms with E-state index in [0.717, 1.165) is 33.4 Å². The molecule has 142 valence electrons. The second-order valence-electron chi connectivity index (χ2n) is 6.34. The van der Waals surface area contributed by atoms with Crippen LogP contribution in [-0.4, -0.2) is 20.7 Å². The normalized spacial score (nSPS) is 11.2. The maximum absolute atomic E-state index is 11.8. The van der Waals surface area contributed by atoms with Gasteiger partial charge in [-0.25, -0.2) is 4.98 Å². The summed E-state index contributed by atoms with van der Waals surface area (Å²) in [5.74, 6) is 2.48. The number of nitrogens with zero attached hydrogens (tertiary/aromatic N) is 2. The molecule has 28 heavy (non-hydrogen) atoms. The molecule has 5 nitrogen and oxygen atoms in total. The minimum atomic E-state index is 0.0208. The van der Waals surface area contributed by atoms with Crippen molar-refractivity contribution in [1.82, 2.24) is 15.0 Å². The van der Waals surface area contributed by atoms with Crippen molar-refractivity contribution in [2.45, 2.75) is 35.4 Å². The summed E-state index contributed by atoms with van der Waals surface area (Å²) in [6.45, 7) is 3.66. The fraction of sp³-hybridized carbons (Fsp3) is 0.190. The van der Waals surface area contributed by atoms with Gasteiger partial charge in [-0.3, -0.25) is 9.78 Å². The van der Waals surface area contributed by atoms with Crippen LogP contribution in [0.15, 0.2) is 63.3 Å². The fourth-order valence-corrected chi connectivity index (χ4v) is 4.76. The summed E-state index contributed by atoms with van der Waals surface area (Å²) >= 11 is 3.34. The molecule has 0 aliphatic rings. The lowest BCUT2D eigenvalue weighted by Crippen LogP contribution is -1.94. The Labute approximate surface area is 171 Å². The molecule has 3 aromatic heterocycles. The van der Waals surface area contributed by atoms with Crippen LogP contribution in [0.3, 0.4) is 0 Å². The Balaban J connectivity index is 1.49.